The second-order valence-electron chi connectivity index (χ2n) is 4.52. The average molecular weight is 293 g/mol. The van der Waals surface area contributed by atoms with Gasteiger partial charge in [0, 0.05) is 22.5 Å². The molecule has 0 radical (unpaired) electrons. The molecule has 1 aliphatic heterocycles. The maximum Gasteiger partial charge on any atom is 0.256 e. The highest BCUT2D eigenvalue weighted by atomic mass is 35.5. The van der Waals surface area contributed by atoms with Crippen molar-refractivity contribution in [1.29, 1.82) is 0 Å². The van der Waals surface area contributed by atoms with Gasteiger partial charge in [0.05, 0.1) is 5.69 Å². The minimum atomic E-state index is -1.28. The van der Waals surface area contributed by atoms with Gasteiger partial charge in [-0.2, -0.15) is 0 Å². The Morgan fingerprint density at radius 1 is 1.26 bits per heavy atom. The summed E-state index contributed by atoms with van der Waals surface area (Å²) in [5.41, 5.74) is 2.84. The fourth-order valence-corrected chi connectivity index (χ4v) is 2.67. The molecule has 0 fully saturated rings. The van der Waals surface area contributed by atoms with Crippen molar-refractivity contribution in [2.45, 2.75) is 11.8 Å². The number of aromatic nitrogens is 1. The number of carbonyl (C=O) groups is 1. The monoisotopic (exact) mass is 292 g/mol. The van der Waals surface area contributed by atoms with Crippen LogP contribution in [0.15, 0.2) is 36.5 Å². The molecule has 0 spiro atoms. The maximum atomic E-state index is 12.2. The van der Waals surface area contributed by atoms with Gasteiger partial charge in [-0.25, -0.2) is 0 Å². The first-order valence-corrected chi connectivity index (χ1v) is 6.51. The number of pyridine rings is 1. The van der Waals surface area contributed by atoms with Crippen molar-refractivity contribution in [2.24, 2.45) is 0 Å². The van der Waals surface area contributed by atoms with E-state index < -0.39 is 4.87 Å². The lowest BCUT2D eigenvalue weighted by molar-refractivity contribution is -0.117. The summed E-state index contributed by atoms with van der Waals surface area (Å²) in [5.74, 6) is -0.303. The number of hydrogen-bond acceptors (Lipinski definition) is 2. The van der Waals surface area contributed by atoms with Gasteiger partial charge in [-0.05, 0) is 30.7 Å². The van der Waals surface area contributed by atoms with E-state index in [0.29, 0.717) is 22.0 Å². The zero-order chi connectivity index (χ0) is 13.6. The summed E-state index contributed by atoms with van der Waals surface area (Å²) in [6.07, 6.45) is 1.70. The molecule has 3 rings (SSSR count). The van der Waals surface area contributed by atoms with Crippen molar-refractivity contribution in [1.82, 2.24) is 4.98 Å². The molecular formula is C14H10Cl2N2O. The first kappa shape index (κ1) is 12.5. The van der Waals surface area contributed by atoms with Crippen LogP contribution < -0.4 is 5.32 Å². The smallest absolute Gasteiger partial charge is 0.256 e. The number of nitrogens with zero attached hydrogens (tertiary/aromatic N) is 1. The number of rotatable bonds is 1. The molecule has 5 heteroatoms. The van der Waals surface area contributed by atoms with Crippen LogP contribution in [0.3, 0.4) is 0 Å². The number of carbonyl (C=O) groups excluding carboxylic acids is 1. The topological polar surface area (TPSA) is 42.0 Å². The van der Waals surface area contributed by atoms with Crippen LogP contribution in [0.1, 0.15) is 16.8 Å². The fraction of sp³-hybridized carbons (Fsp3) is 0.143. The average Bonchev–Trinajstić information content (AvgIpc) is 2.62. The number of nitrogens with one attached hydrogen (secondary N) is 1. The molecule has 19 heavy (non-hydrogen) atoms. The lowest BCUT2D eigenvalue weighted by Crippen LogP contribution is -2.30. The third kappa shape index (κ3) is 1.81. The van der Waals surface area contributed by atoms with E-state index in [1.54, 1.807) is 30.5 Å². The Hall–Kier alpha value is -1.58. The van der Waals surface area contributed by atoms with E-state index in [-0.39, 0.29) is 5.91 Å². The SMILES string of the molecule is Cc1ccc(C2(Cl)C(=O)Nc3cc(Cl)ccc32)nc1. The molecule has 1 aromatic carbocycles. The number of alkyl halides is 1. The number of fused-ring (bicyclic) bond motifs is 1. The van der Waals surface area contributed by atoms with Gasteiger partial charge in [0.25, 0.3) is 5.91 Å². The quantitative estimate of drug-likeness (QED) is 0.818. The first-order valence-electron chi connectivity index (χ1n) is 5.75. The van der Waals surface area contributed by atoms with E-state index in [1.165, 1.54) is 0 Å². The molecule has 1 aromatic heterocycles. The van der Waals surface area contributed by atoms with Crippen molar-refractivity contribution in [3.8, 4) is 0 Å². The van der Waals surface area contributed by atoms with Crippen LogP contribution in [0, 0.1) is 6.92 Å². The van der Waals surface area contributed by atoms with Gasteiger partial charge in [0.2, 0.25) is 0 Å². The molecule has 1 aliphatic rings. The standard InChI is InChI=1S/C14H10Cl2N2O/c1-8-2-5-12(17-7-8)14(16)10-4-3-9(15)6-11(10)18-13(14)19/h2-7H,1H3,(H,18,19). The minimum Gasteiger partial charge on any atom is -0.323 e. The molecule has 1 N–H and O–H groups in total. The van der Waals surface area contributed by atoms with E-state index in [9.17, 15) is 4.79 Å². The third-order valence-corrected chi connectivity index (χ3v) is 3.98. The Bertz CT molecular complexity index is 670. The van der Waals surface area contributed by atoms with Gasteiger partial charge in [-0.1, -0.05) is 35.3 Å². The number of hydrogen-bond donors (Lipinski definition) is 1. The van der Waals surface area contributed by atoms with Crippen molar-refractivity contribution in [2.75, 3.05) is 5.32 Å². The van der Waals surface area contributed by atoms with Crippen molar-refractivity contribution >= 4 is 34.8 Å². The predicted octanol–water partition coefficient (Wildman–Crippen LogP) is 3.48. The highest BCUT2D eigenvalue weighted by molar-refractivity contribution is 6.41. The van der Waals surface area contributed by atoms with Gasteiger partial charge < -0.3 is 5.32 Å². The molecule has 2 aromatic rings. The maximum absolute atomic E-state index is 12.2. The van der Waals surface area contributed by atoms with Crippen LogP contribution in [-0.4, -0.2) is 10.9 Å². The summed E-state index contributed by atoms with van der Waals surface area (Å²) >= 11 is 12.5. The van der Waals surface area contributed by atoms with Crippen molar-refractivity contribution < 1.29 is 4.79 Å². The second kappa shape index (κ2) is 4.22. The Kier molecular flexibility index (Phi) is 2.77. The van der Waals surface area contributed by atoms with E-state index in [0.717, 1.165) is 5.56 Å². The van der Waals surface area contributed by atoms with E-state index in [2.05, 4.69) is 10.3 Å². The van der Waals surface area contributed by atoms with Gasteiger partial charge in [0.15, 0.2) is 4.87 Å². The number of halogens is 2. The van der Waals surface area contributed by atoms with Crippen LogP contribution in [0.5, 0.6) is 0 Å². The lowest BCUT2D eigenvalue weighted by atomic mass is 9.95. The summed E-state index contributed by atoms with van der Waals surface area (Å²) in [4.78, 5) is 15.2. The Morgan fingerprint density at radius 2 is 2.05 bits per heavy atom. The van der Waals surface area contributed by atoms with E-state index in [4.69, 9.17) is 23.2 Å². The molecule has 0 bridgehead atoms. The van der Waals surface area contributed by atoms with Crippen LogP contribution >= 0.6 is 23.2 Å². The highest BCUT2D eigenvalue weighted by Crippen LogP contribution is 2.45. The summed E-state index contributed by atoms with van der Waals surface area (Å²) in [6.45, 7) is 1.93. The number of amides is 1. The number of aryl methyl sites for hydroxylation is 1. The molecule has 0 saturated carbocycles. The lowest BCUT2D eigenvalue weighted by Gasteiger charge is -2.19. The summed E-state index contributed by atoms with van der Waals surface area (Å²) in [7, 11) is 0. The largest absolute Gasteiger partial charge is 0.323 e. The first-order chi connectivity index (χ1) is 9.01. The van der Waals surface area contributed by atoms with Crippen LogP contribution in [-0.2, 0) is 9.67 Å². The molecule has 1 unspecified atom stereocenters. The summed E-state index contributed by atoms with van der Waals surface area (Å²) in [6, 6.07) is 8.81. The molecular weight excluding hydrogens is 283 g/mol. The van der Waals surface area contributed by atoms with Crippen molar-refractivity contribution in [3.05, 3.63) is 58.4 Å². The molecule has 3 nitrogen and oxygen atoms in total. The van der Waals surface area contributed by atoms with E-state index >= 15 is 0 Å². The second-order valence-corrected chi connectivity index (χ2v) is 5.53. The Labute approximate surface area is 120 Å². The van der Waals surface area contributed by atoms with Crippen LogP contribution in [0.4, 0.5) is 5.69 Å². The molecule has 1 atom stereocenters. The van der Waals surface area contributed by atoms with Gasteiger partial charge in [-0.15, -0.1) is 0 Å². The normalized spacial score (nSPS) is 21.1. The summed E-state index contributed by atoms with van der Waals surface area (Å²) in [5, 5.41) is 3.30. The van der Waals surface area contributed by atoms with Crippen LogP contribution in [0.2, 0.25) is 5.02 Å². The molecule has 96 valence electrons. The zero-order valence-electron chi connectivity index (χ0n) is 10.1. The zero-order valence-corrected chi connectivity index (χ0v) is 11.6. The Morgan fingerprint density at radius 3 is 2.74 bits per heavy atom. The van der Waals surface area contributed by atoms with Crippen LogP contribution in [0.25, 0.3) is 0 Å². The molecule has 0 aliphatic carbocycles. The number of benzene rings is 1. The highest BCUT2D eigenvalue weighted by Gasteiger charge is 2.48. The van der Waals surface area contributed by atoms with Gasteiger partial charge >= 0.3 is 0 Å². The summed E-state index contributed by atoms with van der Waals surface area (Å²) < 4.78 is 0. The van der Waals surface area contributed by atoms with Gasteiger partial charge in [0.1, 0.15) is 0 Å². The third-order valence-electron chi connectivity index (χ3n) is 3.18. The van der Waals surface area contributed by atoms with Gasteiger partial charge in [-0.3, -0.25) is 9.78 Å². The fourth-order valence-electron chi connectivity index (χ4n) is 2.18. The van der Waals surface area contributed by atoms with Crippen molar-refractivity contribution in [3.63, 3.8) is 0 Å². The predicted molar refractivity (Wildman–Crippen MR) is 75.7 cm³/mol. The number of anilines is 1. The van der Waals surface area contributed by atoms with E-state index in [1.807, 2.05) is 13.0 Å². The minimum absolute atomic E-state index is 0.303. The Balaban J connectivity index is 2.19. The molecule has 0 saturated heterocycles. The molecule has 1 amide bonds. The molecule has 2 heterocycles.